The maximum Gasteiger partial charge on any atom is 0.290 e. The van der Waals surface area contributed by atoms with Gasteiger partial charge in [-0.1, -0.05) is 114 Å². The standard InChI is InChI=1S/C37H47N5O6/c1-6-23(2)32(42-35(47)29(21-37(3,4)5)41-30(43)20-24-12-8-7-9-13-24)33(45)36(48)39-22-31(44)40-28(34(38)46)19-25-16-17-26-14-10-11-15-27(26)18-25/h7-18,23,28-29,32H,6,19-22H2,1-5H3,(H2,38,46)(H,39,48)(H,40,44)(H,41,43)(H,42,47)/t23-,28-,29-,32?/m0/s1. The summed E-state index contributed by atoms with van der Waals surface area (Å²) in [5.41, 5.74) is 6.78. The number of nitrogens with two attached hydrogens (primary N) is 1. The molecular weight excluding hydrogens is 610 g/mol. The molecule has 1 unspecified atom stereocenters. The van der Waals surface area contributed by atoms with Gasteiger partial charge in [0.2, 0.25) is 29.4 Å². The lowest BCUT2D eigenvalue weighted by atomic mass is 9.87. The Kier molecular flexibility index (Phi) is 13.4. The summed E-state index contributed by atoms with van der Waals surface area (Å²) in [6.45, 7) is 8.73. The second-order valence-corrected chi connectivity index (χ2v) is 13.4. The van der Waals surface area contributed by atoms with Gasteiger partial charge in [0.15, 0.2) is 0 Å². The highest BCUT2D eigenvalue weighted by Gasteiger charge is 2.35. The Hall–Kier alpha value is -5.06. The fourth-order valence-electron chi connectivity index (χ4n) is 5.26. The Morgan fingerprint density at radius 1 is 0.750 bits per heavy atom. The van der Waals surface area contributed by atoms with Gasteiger partial charge in [-0.05, 0) is 39.7 Å². The number of rotatable bonds is 16. The molecule has 0 fully saturated rings. The Bertz CT molecular complexity index is 1620. The molecule has 0 radical (unpaired) electrons. The van der Waals surface area contributed by atoms with Crippen LogP contribution in [0.5, 0.6) is 0 Å². The van der Waals surface area contributed by atoms with Gasteiger partial charge in [-0.15, -0.1) is 0 Å². The van der Waals surface area contributed by atoms with E-state index in [1.807, 2.05) is 100 Å². The Morgan fingerprint density at radius 3 is 2.00 bits per heavy atom. The average Bonchev–Trinajstić information content (AvgIpc) is 3.04. The van der Waals surface area contributed by atoms with E-state index in [2.05, 4.69) is 21.3 Å². The molecule has 0 aliphatic rings. The number of Topliss-reactive ketones (excluding diaryl/α,β-unsaturated/α-hetero) is 1. The minimum absolute atomic E-state index is 0.0752. The number of fused-ring (bicyclic) bond motifs is 1. The molecule has 0 saturated heterocycles. The quantitative estimate of drug-likeness (QED) is 0.148. The first-order valence-corrected chi connectivity index (χ1v) is 16.2. The van der Waals surface area contributed by atoms with Gasteiger partial charge in [0.25, 0.3) is 5.91 Å². The zero-order chi connectivity index (χ0) is 35.4. The molecule has 11 heteroatoms. The van der Waals surface area contributed by atoms with Crippen molar-refractivity contribution in [2.45, 2.75) is 78.4 Å². The number of nitrogens with one attached hydrogen (secondary N) is 4. The van der Waals surface area contributed by atoms with Crippen LogP contribution in [0.3, 0.4) is 0 Å². The summed E-state index contributed by atoms with van der Waals surface area (Å²) in [7, 11) is 0. The van der Waals surface area contributed by atoms with E-state index < -0.39 is 60.0 Å². The van der Waals surface area contributed by atoms with Crippen molar-refractivity contribution in [1.29, 1.82) is 0 Å². The van der Waals surface area contributed by atoms with E-state index in [9.17, 15) is 28.8 Å². The first kappa shape index (κ1) is 37.4. The molecule has 48 heavy (non-hydrogen) atoms. The molecule has 11 nitrogen and oxygen atoms in total. The molecule has 3 aromatic carbocycles. The number of amides is 5. The first-order valence-electron chi connectivity index (χ1n) is 16.2. The van der Waals surface area contributed by atoms with Crippen molar-refractivity contribution in [3.63, 3.8) is 0 Å². The molecule has 0 spiro atoms. The van der Waals surface area contributed by atoms with E-state index in [-0.39, 0.29) is 30.6 Å². The van der Waals surface area contributed by atoms with Crippen molar-refractivity contribution in [2.75, 3.05) is 6.54 Å². The highest BCUT2D eigenvalue weighted by Crippen LogP contribution is 2.22. The summed E-state index contributed by atoms with van der Waals surface area (Å²) in [5, 5.41) is 12.3. The van der Waals surface area contributed by atoms with Crippen LogP contribution in [0.25, 0.3) is 10.8 Å². The van der Waals surface area contributed by atoms with Crippen molar-refractivity contribution in [1.82, 2.24) is 21.3 Å². The van der Waals surface area contributed by atoms with Gasteiger partial charge >= 0.3 is 0 Å². The molecule has 256 valence electrons. The second kappa shape index (κ2) is 17.2. The first-order chi connectivity index (χ1) is 22.7. The number of hydrogen-bond donors (Lipinski definition) is 5. The molecule has 5 amide bonds. The number of hydrogen-bond acceptors (Lipinski definition) is 6. The van der Waals surface area contributed by atoms with Crippen LogP contribution in [0.1, 0.15) is 58.6 Å². The summed E-state index contributed by atoms with van der Waals surface area (Å²) < 4.78 is 0. The zero-order valence-electron chi connectivity index (χ0n) is 28.3. The third-order valence-electron chi connectivity index (χ3n) is 8.03. The van der Waals surface area contributed by atoms with Gasteiger partial charge in [0, 0.05) is 6.42 Å². The largest absolute Gasteiger partial charge is 0.368 e. The van der Waals surface area contributed by atoms with Crippen LogP contribution in [0.4, 0.5) is 0 Å². The second-order valence-electron chi connectivity index (χ2n) is 13.4. The molecule has 3 rings (SSSR count). The summed E-state index contributed by atoms with van der Waals surface area (Å²) >= 11 is 0. The topological polar surface area (TPSA) is 177 Å². The van der Waals surface area contributed by atoms with Gasteiger partial charge in [-0.3, -0.25) is 28.8 Å². The average molecular weight is 658 g/mol. The summed E-state index contributed by atoms with van der Waals surface area (Å²) in [6.07, 6.45) is 0.960. The fourth-order valence-corrected chi connectivity index (χ4v) is 5.26. The zero-order valence-corrected chi connectivity index (χ0v) is 28.3. The molecule has 6 N–H and O–H groups in total. The van der Waals surface area contributed by atoms with Crippen LogP contribution in [-0.2, 0) is 41.6 Å². The minimum Gasteiger partial charge on any atom is -0.368 e. The summed E-state index contributed by atoms with van der Waals surface area (Å²) in [4.78, 5) is 77.5. The third-order valence-corrected chi connectivity index (χ3v) is 8.03. The lowest BCUT2D eigenvalue weighted by Crippen LogP contribution is -2.57. The number of primary amides is 1. The van der Waals surface area contributed by atoms with E-state index >= 15 is 0 Å². The van der Waals surface area contributed by atoms with E-state index in [1.54, 1.807) is 6.92 Å². The number of ketones is 1. The van der Waals surface area contributed by atoms with Gasteiger partial charge in [0.05, 0.1) is 19.0 Å². The highest BCUT2D eigenvalue weighted by atomic mass is 16.2. The minimum atomic E-state index is -1.20. The van der Waals surface area contributed by atoms with Crippen molar-refractivity contribution >= 4 is 46.1 Å². The van der Waals surface area contributed by atoms with Gasteiger partial charge < -0.3 is 27.0 Å². The number of carbonyl (C=O) groups excluding carboxylic acids is 6. The van der Waals surface area contributed by atoms with E-state index in [4.69, 9.17) is 5.73 Å². The van der Waals surface area contributed by atoms with Crippen LogP contribution < -0.4 is 27.0 Å². The molecule has 0 heterocycles. The summed E-state index contributed by atoms with van der Waals surface area (Å²) in [5.74, 6) is -4.84. The fraction of sp³-hybridized carbons (Fsp3) is 0.405. The van der Waals surface area contributed by atoms with E-state index in [0.717, 1.165) is 21.9 Å². The van der Waals surface area contributed by atoms with Crippen LogP contribution in [0, 0.1) is 11.3 Å². The third kappa shape index (κ3) is 11.6. The van der Waals surface area contributed by atoms with Crippen LogP contribution in [-0.4, -0.2) is 60.0 Å². The Balaban J connectivity index is 1.63. The van der Waals surface area contributed by atoms with Gasteiger partial charge in [-0.2, -0.15) is 0 Å². The predicted octanol–water partition coefficient (Wildman–Crippen LogP) is 2.73. The molecule has 0 aromatic heterocycles. The molecule has 3 aromatic rings. The molecule has 0 bridgehead atoms. The SMILES string of the molecule is CC[C@H](C)C(NC(=O)[C@H](CC(C)(C)C)NC(=O)Cc1ccccc1)C(=O)C(=O)NCC(=O)N[C@@H](Cc1ccc2ccccc2c1)C(N)=O. The smallest absolute Gasteiger partial charge is 0.290 e. The Labute approximate surface area is 281 Å². The number of carbonyl (C=O) groups is 6. The molecular formula is C37H47N5O6. The normalized spacial score (nSPS) is 13.8. The number of benzene rings is 3. The monoisotopic (exact) mass is 657 g/mol. The van der Waals surface area contributed by atoms with Crippen molar-refractivity contribution in [3.05, 3.63) is 83.9 Å². The van der Waals surface area contributed by atoms with Crippen LogP contribution in [0.2, 0.25) is 0 Å². The van der Waals surface area contributed by atoms with Crippen molar-refractivity contribution in [3.8, 4) is 0 Å². The van der Waals surface area contributed by atoms with Crippen LogP contribution >= 0.6 is 0 Å². The van der Waals surface area contributed by atoms with Gasteiger partial charge in [0.1, 0.15) is 12.1 Å². The Morgan fingerprint density at radius 2 is 1.38 bits per heavy atom. The summed E-state index contributed by atoms with van der Waals surface area (Å²) in [6, 6.07) is 19.3. The van der Waals surface area contributed by atoms with Crippen molar-refractivity contribution < 1.29 is 28.8 Å². The molecule has 0 aliphatic carbocycles. The maximum atomic E-state index is 13.5. The highest BCUT2D eigenvalue weighted by molar-refractivity contribution is 6.38. The van der Waals surface area contributed by atoms with Crippen molar-refractivity contribution in [2.24, 2.45) is 17.1 Å². The predicted molar refractivity (Wildman–Crippen MR) is 184 cm³/mol. The molecule has 0 saturated carbocycles. The molecule has 0 aliphatic heterocycles. The van der Waals surface area contributed by atoms with Crippen LogP contribution in [0.15, 0.2) is 72.8 Å². The maximum absolute atomic E-state index is 13.5. The lowest BCUT2D eigenvalue weighted by Gasteiger charge is -2.29. The van der Waals surface area contributed by atoms with E-state index in [1.165, 1.54) is 0 Å². The lowest BCUT2D eigenvalue weighted by molar-refractivity contribution is -0.142. The van der Waals surface area contributed by atoms with Gasteiger partial charge in [-0.25, -0.2) is 0 Å². The molecule has 4 atom stereocenters. The van der Waals surface area contributed by atoms with E-state index in [0.29, 0.717) is 6.42 Å².